The lowest BCUT2D eigenvalue weighted by atomic mass is 9.55. The maximum absolute atomic E-state index is 13.1. The van der Waals surface area contributed by atoms with Gasteiger partial charge in [-0.25, -0.2) is 9.59 Å². The van der Waals surface area contributed by atoms with E-state index in [1.165, 1.54) is 13.0 Å². The lowest BCUT2D eigenvalue weighted by Gasteiger charge is -2.45. The van der Waals surface area contributed by atoms with Crippen molar-refractivity contribution in [1.29, 1.82) is 0 Å². The third-order valence-corrected chi connectivity index (χ3v) is 6.99. The zero-order chi connectivity index (χ0) is 20.2. The van der Waals surface area contributed by atoms with E-state index in [-0.39, 0.29) is 17.8 Å². The molecule has 2 saturated heterocycles. The average molecular weight is 390 g/mol. The number of hydrogen-bond acceptors (Lipinski definition) is 9. The summed E-state index contributed by atoms with van der Waals surface area (Å²) in [7, 11) is 0. The summed E-state index contributed by atoms with van der Waals surface area (Å²) in [6.07, 6.45) is -2.34. The Labute approximate surface area is 159 Å². The van der Waals surface area contributed by atoms with Crippen molar-refractivity contribution < 1.29 is 43.5 Å². The first-order chi connectivity index (χ1) is 13.2. The molecule has 2 N–H and O–H groups in total. The summed E-state index contributed by atoms with van der Waals surface area (Å²) in [4.78, 5) is 36.2. The number of aliphatic hydroxyl groups excluding tert-OH is 2. The number of aliphatic hydroxyl groups is 2. The van der Waals surface area contributed by atoms with Crippen LogP contribution in [-0.2, 0) is 33.3 Å². The largest absolute Gasteiger partial charge is 0.456 e. The fraction of sp³-hybridized carbons (Fsp3) is 0.526. The molecule has 0 radical (unpaired) electrons. The number of fused-ring (bicyclic) bond motifs is 1. The molecule has 1 saturated carbocycles. The molecule has 5 aliphatic rings. The van der Waals surface area contributed by atoms with Gasteiger partial charge in [-0.2, -0.15) is 0 Å². The highest BCUT2D eigenvalue weighted by Gasteiger charge is 2.94. The van der Waals surface area contributed by atoms with Crippen LogP contribution in [0.2, 0.25) is 0 Å². The molecule has 28 heavy (non-hydrogen) atoms. The van der Waals surface area contributed by atoms with Crippen LogP contribution in [0.15, 0.2) is 35.6 Å². The fourth-order valence-corrected chi connectivity index (χ4v) is 6.38. The van der Waals surface area contributed by atoms with Gasteiger partial charge >= 0.3 is 11.9 Å². The van der Waals surface area contributed by atoms with Crippen LogP contribution >= 0.6 is 0 Å². The first-order valence-corrected chi connectivity index (χ1v) is 8.87. The second-order valence-electron chi connectivity index (χ2n) is 7.97. The number of hydrogen-bond donors (Lipinski definition) is 2. The lowest BCUT2D eigenvalue weighted by molar-refractivity contribution is -0.214. The van der Waals surface area contributed by atoms with Crippen molar-refractivity contribution in [3.05, 3.63) is 35.6 Å². The minimum absolute atomic E-state index is 0.121. The van der Waals surface area contributed by atoms with Gasteiger partial charge in [-0.1, -0.05) is 12.2 Å². The van der Waals surface area contributed by atoms with Crippen molar-refractivity contribution in [2.75, 3.05) is 0 Å². The maximum Gasteiger partial charge on any atom is 0.344 e. The molecule has 0 aromatic rings. The van der Waals surface area contributed by atoms with Gasteiger partial charge < -0.3 is 29.2 Å². The third-order valence-electron chi connectivity index (χ3n) is 6.99. The molecule has 148 valence electrons. The topological polar surface area (TPSA) is 129 Å². The molecular formula is C19H18O9. The van der Waals surface area contributed by atoms with Gasteiger partial charge in [-0.3, -0.25) is 4.79 Å². The number of ether oxygens (including phenoxy) is 4. The predicted molar refractivity (Wildman–Crippen MR) is 87.7 cm³/mol. The second kappa shape index (κ2) is 4.91. The van der Waals surface area contributed by atoms with Crippen molar-refractivity contribution in [2.45, 2.75) is 44.1 Å². The molecular weight excluding hydrogens is 372 g/mol. The van der Waals surface area contributed by atoms with Crippen LogP contribution in [0.1, 0.15) is 13.8 Å². The lowest BCUT2D eigenvalue weighted by Crippen LogP contribution is -2.57. The molecule has 2 aliphatic carbocycles. The Morgan fingerprint density at radius 2 is 2.14 bits per heavy atom. The van der Waals surface area contributed by atoms with Crippen molar-refractivity contribution in [3.8, 4) is 0 Å². The Morgan fingerprint density at radius 3 is 2.75 bits per heavy atom. The van der Waals surface area contributed by atoms with Gasteiger partial charge in [0.2, 0.25) is 11.9 Å². The van der Waals surface area contributed by atoms with Crippen molar-refractivity contribution >= 4 is 18.4 Å². The number of carbonyl (C=O) groups excluding carboxylic acids is 3. The van der Waals surface area contributed by atoms with Crippen LogP contribution < -0.4 is 0 Å². The monoisotopic (exact) mass is 390 g/mol. The van der Waals surface area contributed by atoms with Gasteiger partial charge in [0.15, 0.2) is 0 Å². The average Bonchev–Trinajstić information content (AvgIpc) is 3.27. The molecule has 0 aromatic heterocycles. The van der Waals surface area contributed by atoms with Gasteiger partial charge in [-0.15, -0.1) is 0 Å². The van der Waals surface area contributed by atoms with Crippen LogP contribution in [0, 0.1) is 16.7 Å². The number of esters is 2. The van der Waals surface area contributed by atoms with Crippen LogP contribution in [0.3, 0.4) is 0 Å². The molecule has 3 fully saturated rings. The zero-order valence-electron chi connectivity index (χ0n) is 15.1. The van der Waals surface area contributed by atoms with Crippen LogP contribution in [-0.4, -0.2) is 58.8 Å². The summed E-state index contributed by atoms with van der Waals surface area (Å²) in [6.45, 7) is 7.23. The van der Waals surface area contributed by atoms with E-state index in [0.29, 0.717) is 5.57 Å². The molecule has 8 atom stereocenters. The van der Waals surface area contributed by atoms with Crippen molar-refractivity contribution in [2.24, 2.45) is 16.7 Å². The first-order valence-electron chi connectivity index (χ1n) is 8.87. The molecule has 5 rings (SSSR count). The standard InChI is InChI=1S/C19H18O9/c1-7(2)12-13(23)14-17-5-10-9(4-11(22)26-10)19(17,15(24)27-14)28-16(25-6-20)18(12,17)8(3)21/h4-6,8,12-14,16,21,23H,1H2,2-3H3/t8-,12+,13+,14?,16?,17?,18?,19?/m0/s1. The zero-order valence-corrected chi connectivity index (χ0v) is 15.1. The highest BCUT2D eigenvalue weighted by Crippen LogP contribution is 2.79. The summed E-state index contributed by atoms with van der Waals surface area (Å²) in [5, 5.41) is 22.1. The summed E-state index contributed by atoms with van der Waals surface area (Å²) in [5.41, 5.74) is -4.20. The minimum Gasteiger partial charge on any atom is -0.456 e. The maximum atomic E-state index is 13.1. The summed E-state index contributed by atoms with van der Waals surface area (Å²) >= 11 is 0. The minimum atomic E-state index is -1.88. The quantitative estimate of drug-likeness (QED) is 0.282. The van der Waals surface area contributed by atoms with Gasteiger partial charge in [0.1, 0.15) is 11.9 Å². The van der Waals surface area contributed by atoms with E-state index in [1.54, 1.807) is 6.92 Å². The normalized spacial score (nSPS) is 48.1. The van der Waals surface area contributed by atoms with E-state index >= 15 is 0 Å². The van der Waals surface area contributed by atoms with Crippen LogP contribution in [0.5, 0.6) is 0 Å². The molecule has 5 unspecified atom stereocenters. The Balaban J connectivity index is 1.89. The van der Waals surface area contributed by atoms with Gasteiger partial charge in [0, 0.05) is 17.6 Å². The number of rotatable bonds is 4. The second-order valence-corrected chi connectivity index (χ2v) is 7.97. The fourth-order valence-electron chi connectivity index (χ4n) is 6.38. The molecule has 0 bridgehead atoms. The molecule has 9 heteroatoms. The predicted octanol–water partition coefficient (Wildman–Crippen LogP) is -0.519. The Kier molecular flexibility index (Phi) is 3.09. The molecule has 9 nitrogen and oxygen atoms in total. The summed E-state index contributed by atoms with van der Waals surface area (Å²) in [5.74, 6) is -2.22. The van der Waals surface area contributed by atoms with Gasteiger partial charge in [-0.05, 0) is 19.9 Å². The SMILES string of the molecule is C=C(C)[C@@H]1[C@@H](O)C2OC(=O)C34OC(OC=O)C1([C@H](C)O)C23C=C1OC(=O)C=C14. The van der Waals surface area contributed by atoms with Crippen molar-refractivity contribution in [1.82, 2.24) is 0 Å². The molecule has 0 aromatic carbocycles. The highest BCUT2D eigenvalue weighted by molar-refractivity contribution is 6.00. The first kappa shape index (κ1) is 17.6. The van der Waals surface area contributed by atoms with E-state index in [4.69, 9.17) is 18.9 Å². The molecule has 3 heterocycles. The Bertz CT molecular complexity index is 916. The van der Waals surface area contributed by atoms with Crippen LogP contribution in [0.4, 0.5) is 0 Å². The smallest absolute Gasteiger partial charge is 0.344 e. The van der Waals surface area contributed by atoms with Gasteiger partial charge in [0.25, 0.3) is 6.47 Å². The molecule has 3 aliphatic heterocycles. The Hall–Kier alpha value is -2.49. The van der Waals surface area contributed by atoms with E-state index < -0.39 is 58.9 Å². The molecule has 0 amide bonds. The number of carbonyl (C=O) groups is 3. The van der Waals surface area contributed by atoms with E-state index in [2.05, 4.69) is 6.58 Å². The van der Waals surface area contributed by atoms with Crippen molar-refractivity contribution in [3.63, 3.8) is 0 Å². The van der Waals surface area contributed by atoms with E-state index in [9.17, 15) is 24.6 Å². The van der Waals surface area contributed by atoms with E-state index in [1.807, 2.05) is 0 Å². The summed E-state index contributed by atoms with van der Waals surface area (Å²) in [6, 6.07) is 0. The van der Waals surface area contributed by atoms with E-state index in [0.717, 1.165) is 6.08 Å². The molecule has 1 spiro atoms. The van der Waals surface area contributed by atoms with Gasteiger partial charge in [0.05, 0.1) is 23.0 Å². The highest BCUT2D eigenvalue weighted by atomic mass is 16.7. The summed E-state index contributed by atoms with van der Waals surface area (Å²) < 4.78 is 22.0. The Morgan fingerprint density at radius 1 is 1.43 bits per heavy atom. The third kappa shape index (κ3) is 1.39. The van der Waals surface area contributed by atoms with Crippen LogP contribution in [0.25, 0.3) is 0 Å².